The molecule has 1 unspecified atom stereocenters. The van der Waals surface area contributed by atoms with Crippen LogP contribution in [0.25, 0.3) is 0 Å². The largest absolute Gasteiger partial charge is 0.494 e. The molecule has 1 aliphatic carbocycles. The minimum atomic E-state index is 0.254. The van der Waals surface area contributed by atoms with Crippen LogP contribution in [-0.2, 0) is 19.3 Å². The van der Waals surface area contributed by atoms with E-state index in [1.165, 1.54) is 60.1 Å². The average Bonchev–Trinajstić information content (AvgIpc) is 3.49. The third kappa shape index (κ3) is 9.53. The highest BCUT2D eigenvalue weighted by Gasteiger charge is 2.25. The lowest BCUT2D eigenvalue weighted by Crippen LogP contribution is -2.21. The van der Waals surface area contributed by atoms with Gasteiger partial charge in [0.15, 0.2) is 5.78 Å². The number of aryl methyl sites for hydroxylation is 4. The van der Waals surface area contributed by atoms with Crippen LogP contribution in [0, 0.1) is 18.8 Å². The molecule has 0 aromatic heterocycles. The van der Waals surface area contributed by atoms with Gasteiger partial charge in [-0.15, -0.1) is 0 Å². The van der Waals surface area contributed by atoms with E-state index in [1.807, 2.05) is 7.05 Å². The third-order valence-corrected chi connectivity index (χ3v) is 9.05. The summed E-state index contributed by atoms with van der Waals surface area (Å²) in [5.41, 5.74) is 8.38. The fraction of sp³-hybridized carbons (Fsp3) is 0.622. The number of carbonyl (C=O) groups excluding carboxylic acids is 1. The molecule has 1 aliphatic rings. The van der Waals surface area contributed by atoms with E-state index >= 15 is 0 Å². The van der Waals surface area contributed by atoms with Crippen LogP contribution in [0.2, 0.25) is 0 Å². The first-order valence-electron chi connectivity index (χ1n) is 16.3. The number of aliphatic imine (C=N–C) groups is 1. The molecule has 0 amide bonds. The van der Waals surface area contributed by atoms with Crippen LogP contribution >= 0.6 is 0 Å². The number of benzene rings is 2. The number of Topliss-reactive ketones (excluding diaryl/α,β-unsaturated/α-hetero) is 1. The van der Waals surface area contributed by atoms with E-state index in [1.54, 1.807) is 0 Å². The molecular weight excluding hydrogens is 504 g/mol. The van der Waals surface area contributed by atoms with Gasteiger partial charge in [0.25, 0.3) is 0 Å². The van der Waals surface area contributed by atoms with Crippen LogP contribution in [0.5, 0.6) is 5.75 Å². The van der Waals surface area contributed by atoms with Gasteiger partial charge in [-0.25, -0.2) is 0 Å². The third-order valence-electron chi connectivity index (χ3n) is 9.05. The second-order valence-corrected chi connectivity index (χ2v) is 12.3. The zero-order chi connectivity index (χ0) is 29.8. The van der Waals surface area contributed by atoms with Gasteiger partial charge in [-0.3, -0.25) is 9.79 Å². The number of ether oxygens (including phenoxy) is 1. The molecule has 1 fully saturated rings. The molecule has 226 valence electrons. The smallest absolute Gasteiger partial charge is 0.163 e. The van der Waals surface area contributed by atoms with Crippen molar-refractivity contribution in [2.24, 2.45) is 16.8 Å². The first-order chi connectivity index (χ1) is 19.8. The summed E-state index contributed by atoms with van der Waals surface area (Å²) in [4.78, 5) is 20.6. The molecular formula is C37H56N2O2. The molecule has 4 nitrogen and oxygen atoms in total. The minimum absolute atomic E-state index is 0.254. The summed E-state index contributed by atoms with van der Waals surface area (Å²) in [5, 5.41) is 0. The number of ketones is 1. The highest BCUT2D eigenvalue weighted by Crippen LogP contribution is 2.34. The summed E-state index contributed by atoms with van der Waals surface area (Å²) in [6.45, 7) is 10.6. The van der Waals surface area contributed by atoms with Crippen LogP contribution < -0.4 is 4.74 Å². The molecule has 0 N–H and O–H groups in total. The molecule has 2 aromatic rings. The fourth-order valence-corrected chi connectivity index (χ4v) is 6.65. The summed E-state index contributed by atoms with van der Waals surface area (Å²) in [6, 6.07) is 10.9. The van der Waals surface area contributed by atoms with Crippen LogP contribution in [0.1, 0.15) is 117 Å². The van der Waals surface area contributed by atoms with E-state index in [-0.39, 0.29) is 5.78 Å². The van der Waals surface area contributed by atoms with Gasteiger partial charge in [-0.05, 0) is 118 Å². The van der Waals surface area contributed by atoms with Crippen molar-refractivity contribution in [2.45, 2.75) is 105 Å². The normalized spacial score (nSPS) is 15.1. The summed E-state index contributed by atoms with van der Waals surface area (Å²) in [5.74, 6) is 2.49. The Kier molecular flexibility index (Phi) is 13.6. The number of nitrogens with zero attached hydrogens (tertiary/aromatic N) is 2. The highest BCUT2D eigenvalue weighted by atomic mass is 16.5. The van der Waals surface area contributed by atoms with Gasteiger partial charge in [0.1, 0.15) is 5.75 Å². The van der Waals surface area contributed by atoms with Gasteiger partial charge >= 0.3 is 0 Å². The van der Waals surface area contributed by atoms with Gasteiger partial charge in [-0.2, -0.15) is 0 Å². The second kappa shape index (κ2) is 16.9. The summed E-state index contributed by atoms with van der Waals surface area (Å²) >= 11 is 0. The van der Waals surface area contributed by atoms with E-state index in [0.717, 1.165) is 74.5 Å². The average molecular weight is 561 g/mol. The predicted molar refractivity (Wildman–Crippen MR) is 175 cm³/mol. The molecule has 4 heteroatoms. The SMILES string of the molecule is CCc1cc(OCCCN(C)C)ccc1CCCC(=O)c1cc(C(=NC)C(CC)CC2CCCC2)c(CC)cc1C. The highest BCUT2D eigenvalue weighted by molar-refractivity contribution is 6.06. The lowest BCUT2D eigenvalue weighted by molar-refractivity contribution is 0.0979. The summed E-state index contributed by atoms with van der Waals surface area (Å²) in [7, 11) is 6.12. The zero-order valence-electron chi connectivity index (χ0n) is 27.2. The molecule has 0 aliphatic heterocycles. The van der Waals surface area contributed by atoms with Crippen molar-refractivity contribution in [1.29, 1.82) is 0 Å². The van der Waals surface area contributed by atoms with Gasteiger partial charge in [0.2, 0.25) is 0 Å². The van der Waals surface area contributed by atoms with Crippen molar-refractivity contribution in [1.82, 2.24) is 4.90 Å². The molecule has 1 atom stereocenters. The van der Waals surface area contributed by atoms with Crippen LogP contribution in [0.15, 0.2) is 35.3 Å². The summed E-state index contributed by atoms with van der Waals surface area (Å²) in [6.07, 6.45) is 13.1. The van der Waals surface area contributed by atoms with Gasteiger partial charge in [-0.1, -0.05) is 58.6 Å². The maximum atomic E-state index is 13.6. The van der Waals surface area contributed by atoms with Crippen molar-refractivity contribution in [3.05, 3.63) is 63.7 Å². The standard InChI is InChI=1S/C37H56N2O2/c1-8-29-25-33(41-22-14-21-39(6)7)20-19-32(29)17-13-18-36(40)34-26-35(30(9-2)23-27(34)4)37(38-5)31(10-3)24-28-15-11-12-16-28/h19-20,23,25-26,28,31H,8-18,21-22,24H2,1-7H3. The molecule has 0 bridgehead atoms. The van der Waals surface area contributed by atoms with Crippen molar-refractivity contribution in [3.63, 3.8) is 0 Å². The Bertz CT molecular complexity index is 1140. The van der Waals surface area contributed by atoms with Gasteiger partial charge in [0.05, 0.1) is 6.61 Å². The molecule has 1 saturated carbocycles. The molecule has 0 saturated heterocycles. The second-order valence-electron chi connectivity index (χ2n) is 12.3. The number of hydrogen-bond donors (Lipinski definition) is 0. The van der Waals surface area contributed by atoms with E-state index in [0.29, 0.717) is 12.3 Å². The Balaban J connectivity index is 1.68. The summed E-state index contributed by atoms with van der Waals surface area (Å²) < 4.78 is 6.00. The van der Waals surface area contributed by atoms with Crippen LogP contribution in [-0.4, -0.2) is 50.7 Å². The molecule has 0 heterocycles. The van der Waals surface area contributed by atoms with E-state index in [2.05, 4.69) is 77.0 Å². The van der Waals surface area contributed by atoms with E-state index in [9.17, 15) is 4.79 Å². The Morgan fingerprint density at radius 2 is 1.71 bits per heavy atom. The minimum Gasteiger partial charge on any atom is -0.494 e. The quantitative estimate of drug-likeness (QED) is 0.110. The maximum absolute atomic E-state index is 13.6. The number of rotatable bonds is 17. The van der Waals surface area contributed by atoms with Crippen molar-refractivity contribution >= 4 is 11.5 Å². The molecule has 2 aromatic carbocycles. The van der Waals surface area contributed by atoms with E-state index in [4.69, 9.17) is 9.73 Å². The van der Waals surface area contributed by atoms with Crippen molar-refractivity contribution < 1.29 is 9.53 Å². The zero-order valence-corrected chi connectivity index (χ0v) is 27.2. The predicted octanol–water partition coefficient (Wildman–Crippen LogP) is 8.68. The van der Waals surface area contributed by atoms with Crippen molar-refractivity contribution in [3.8, 4) is 5.75 Å². The molecule has 0 spiro atoms. The number of hydrogen-bond acceptors (Lipinski definition) is 4. The van der Waals surface area contributed by atoms with Crippen molar-refractivity contribution in [2.75, 3.05) is 34.3 Å². The van der Waals surface area contributed by atoms with Gasteiger partial charge < -0.3 is 9.64 Å². The van der Waals surface area contributed by atoms with Crippen LogP contribution in [0.3, 0.4) is 0 Å². The molecule has 41 heavy (non-hydrogen) atoms. The maximum Gasteiger partial charge on any atom is 0.163 e. The lowest BCUT2D eigenvalue weighted by Gasteiger charge is -2.24. The lowest BCUT2D eigenvalue weighted by atomic mass is 9.82. The Hall–Kier alpha value is -2.46. The Labute approximate surface area is 251 Å². The first-order valence-corrected chi connectivity index (χ1v) is 16.3. The molecule has 3 rings (SSSR count). The fourth-order valence-electron chi connectivity index (χ4n) is 6.65. The van der Waals surface area contributed by atoms with E-state index < -0.39 is 0 Å². The molecule has 0 radical (unpaired) electrons. The van der Waals surface area contributed by atoms with Gasteiger partial charge in [0, 0.05) is 37.2 Å². The Morgan fingerprint density at radius 1 is 0.976 bits per heavy atom. The first kappa shape index (κ1) is 33.0. The van der Waals surface area contributed by atoms with Crippen LogP contribution in [0.4, 0.5) is 0 Å². The number of carbonyl (C=O) groups is 1. The Morgan fingerprint density at radius 3 is 2.34 bits per heavy atom. The topological polar surface area (TPSA) is 41.9 Å². The monoisotopic (exact) mass is 560 g/mol.